The number of imide groups is 1. The van der Waals surface area contributed by atoms with Crippen molar-refractivity contribution in [2.75, 3.05) is 33.2 Å². The summed E-state index contributed by atoms with van der Waals surface area (Å²) in [6.45, 7) is 15.8. The molecule has 0 spiro atoms. The predicted molar refractivity (Wildman–Crippen MR) is 169 cm³/mol. The maximum Gasteiger partial charge on any atom is 0.346 e. The molecule has 0 radical (unpaired) electrons. The summed E-state index contributed by atoms with van der Waals surface area (Å²) in [4.78, 5) is 67.5. The average molecular weight is 646 g/mol. The van der Waals surface area contributed by atoms with E-state index in [1.807, 2.05) is 48.5 Å². The van der Waals surface area contributed by atoms with Gasteiger partial charge < -0.3 is 14.4 Å². The molecule has 13 heteroatoms. The Labute approximate surface area is 269 Å². The van der Waals surface area contributed by atoms with Crippen molar-refractivity contribution in [3.8, 4) is 0 Å². The molecule has 2 heterocycles. The third-order valence-electron chi connectivity index (χ3n) is 7.92. The van der Waals surface area contributed by atoms with Crippen molar-refractivity contribution in [2.45, 2.75) is 91.6 Å². The van der Waals surface area contributed by atoms with Crippen LogP contribution < -0.4 is 0 Å². The summed E-state index contributed by atoms with van der Waals surface area (Å²) in [5, 5.41) is 4.66. The number of nitrogens with zero attached hydrogens (tertiary/aromatic N) is 5. The highest BCUT2D eigenvalue weighted by Gasteiger charge is 2.61. The van der Waals surface area contributed by atoms with Crippen molar-refractivity contribution in [2.24, 2.45) is 17.3 Å². The summed E-state index contributed by atoms with van der Waals surface area (Å²) in [5.41, 5.74) is 2.00. The number of hydrogen-bond acceptors (Lipinski definition) is 10. The fraction of sp³-hybridized carbons (Fsp3) is 0.656. The van der Waals surface area contributed by atoms with E-state index in [2.05, 4.69) is 16.2 Å². The van der Waals surface area contributed by atoms with Crippen LogP contribution in [0.4, 0.5) is 4.79 Å². The van der Waals surface area contributed by atoms with Gasteiger partial charge in [-0.1, -0.05) is 58.0 Å². The number of rotatable bonds is 8. The molecule has 1 aromatic rings. The van der Waals surface area contributed by atoms with Crippen LogP contribution >= 0.6 is 11.8 Å². The van der Waals surface area contributed by atoms with Gasteiger partial charge in [0.1, 0.15) is 0 Å². The third kappa shape index (κ3) is 8.42. The minimum Gasteiger partial charge on any atom is -0.465 e. The Kier molecular flexibility index (Phi) is 11.4. The fourth-order valence-electron chi connectivity index (χ4n) is 5.28. The van der Waals surface area contributed by atoms with Gasteiger partial charge in [0.25, 0.3) is 11.8 Å². The van der Waals surface area contributed by atoms with Gasteiger partial charge in [0.05, 0.1) is 18.3 Å². The smallest absolute Gasteiger partial charge is 0.346 e. The molecule has 1 aromatic heterocycles. The Balaban J connectivity index is 0.000000248. The molecule has 2 unspecified atom stereocenters. The molecular weight excluding hydrogens is 598 g/mol. The van der Waals surface area contributed by atoms with Gasteiger partial charge in [-0.2, -0.15) is 4.68 Å². The fourth-order valence-corrected chi connectivity index (χ4v) is 6.00. The minimum atomic E-state index is -0.341. The maximum atomic E-state index is 12.4. The highest BCUT2D eigenvalue weighted by Crippen LogP contribution is 2.59. The van der Waals surface area contributed by atoms with Crippen LogP contribution in [0, 0.1) is 17.3 Å². The van der Waals surface area contributed by atoms with E-state index in [1.165, 1.54) is 15.2 Å². The molecule has 45 heavy (non-hydrogen) atoms. The number of esters is 2. The van der Waals surface area contributed by atoms with Crippen LogP contribution in [0.2, 0.25) is 0 Å². The molecule has 1 saturated carbocycles. The molecule has 248 valence electrons. The van der Waals surface area contributed by atoms with E-state index in [-0.39, 0.29) is 64.9 Å². The normalized spacial score (nSPS) is 20.2. The lowest BCUT2D eigenvalue weighted by Crippen LogP contribution is -2.35. The van der Waals surface area contributed by atoms with Gasteiger partial charge in [-0.15, -0.1) is 5.10 Å². The number of aromatic nitrogens is 3. The van der Waals surface area contributed by atoms with E-state index >= 15 is 0 Å². The topological polar surface area (TPSA) is 141 Å². The lowest BCUT2D eigenvalue weighted by Gasteiger charge is -2.15. The van der Waals surface area contributed by atoms with E-state index in [9.17, 15) is 24.0 Å². The lowest BCUT2D eigenvalue weighted by molar-refractivity contribution is -0.157. The van der Waals surface area contributed by atoms with Crippen LogP contribution in [0.15, 0.2) is 28.0 Å². The number of thioether (sulfide) groups is 1. The molecule has 0 aromatic carbocycles. The molecule has 1 aliphatic heterocycles. The van der Waals surface area contributed by atoms with Crippen LogP contribution in [0.3, 0.4) is 0 Å². The second-order valence-corrected chi connectivity index (χ2v) is 14.5. The molecule has 0 bridgehead atoms. The first kappa shape index (κ1) is 36.0. The van der Waals surface area contributed by atoms with Gasteiger partial charge in [-0.25, -0.2) is 14.7 Å². The van der Waals surface area contributed by atoms with Gasteiger partial charge in [0.2, 0.25) is 0 Å². The monoisotopic (exact) mass is 645 g/mol. The van der Waals surface area contributed by atoms with Crippen LogP contribution in [-0.2, 0) is 34.1 Å². The van der Waals surface area contributed by atoms with E-state index in [4.69, 9.17) is 9.47 Å². The van der Waals surface area contributed by atoms with Crippen molar-refractivity contribution in [3.05, 3.63) is 28.6 Å². The Bertz CT molecular complexity index is 1370. The van der Waals surface area contributed by atoms with Gasteiger partial charge in [-0.3, -0.25) is 19.2 Å². The summed E-state index contributed by atoms with van der Waals surface area (Å²) in [6.07, 6.45) is 5.28. The molecule has 12 nitrogen and oxygen atoms in total. The number of allylic oxidation sites excluding steroid dienone is 2. The molecule has 0 N–H and O–H groups in total. The van der Waals surface area contributed by atoms with Crippen LogP contribution in [-0.4, -0.2) is 87.5 Å². The van der Waals surface area contributed by atoms with E-state index in [0.29, 0.717) is 41.6 Å². The zero-order chi connectivity index (χ0) is 33.9. The second-order valence-electron chi connectivity index (χ2n) is 13.5. The number of ether oxygens (including phenoxy) is 2. The lowest BCUT2D eigenvalue weighted by atomic mass is 9.93. The Morgan fingerprint density at radius 1 is 1.04 bits per heavy atom. The van der Waals surface area contributed by atoms with Crippen molar-refractivity contribution >= 4 is 41.5 Å². The number of amides is 3. The summed E-state index contributed by atoms with van der Waals surface area (Å²) >= 11 is 1.15. The number of carbonyl (C=O) groups excluding carboxylic acids is 5. The average Bonchev–Trinajstić information content (AvgIpc) is 3.22. The van der Waals surface area contributed by atoms with Crippen molar-refractivity contribution in [1.29, 1.82) is 0 Å². The minimum absolute atomic E-state index is 0.0941. The molecule has 0 saturated heterocycles. The summed E-state index contributed by atoms with van der Waals surface area (Å²) in [5.74, 6) is -0.619. The standard InChI is InChI=1S/C19H25NO4.C13H22N4O3S/c1-11(2)9-14-15(19(14,3)4)18(23)24-10-20-16(21)12-7-5-6-8-13(12)17(20)22;1-7-20-9(18)8-21-11-14-10(13(2,3)4)15-17(11)12(19)16(5)6/h9,14-15H,5-8,10H2,1-4H3;7-8H2,1-6H3. The zero-order valence-corrected chi connectivity index (χ0v) is 29.0. The van der Waals surface area contributed by atoms with Gasteiger partial charge in [0, 0.05) is 30.7 Å². The Morgan fingerprint density at radius 2 is 1.62 bits per heavy atom. The largest absolute Gasteiger partial charge is 0.465 e. The molecule has 2 atom stereocenters. The van der Waals surface area contributed by atoms with Crippen LogP contribution in [0.25, 0.3) is 0 Å². The first-order chi connectivity index (χ1) is 20.9. The summed E-state index contributed by atoms with van der Waals surface area (Å²) < 4.78 is 11.4. The summed E-state index contributed by atoms with van der Waals surface area (Å²) in [6, 6.07) is -0.302. The Hall–Kier alpha value is -3.48. The molecule has 3 amide bonds. The van der Waals surface area contributed by atoms with Crippen molar-refractivity contribution in [3.63, 3.8) is 0 Å². The first-order valence-electron chi connectivity index (χ1n) is 15.3. The highest BCUT2D eigenvalue weighted by atomic mass is 32.2. The van der Waals surface area contributed by atoms with Gasteiger partial charge in [0.15, 0.2) is 17.7 Å². The third-order valence-corrected chi connectivity index (χ3v) is 8.83. The second kappa shape index (κ2) is 14.3. The quantitative estimate of drug-likeness (QED) is 0.169. The predicted octanol–water partition coefficient (Wildman–Crippen LogP) is 4.73. The Morgan fingerprint density at radius 3 is 2.11 bits per heavy atom. The molecule has 2 aliphatic carbocycles. The maximum absolute atomic E-state index is 12.4. The van der Waals surface area contributed by atoms with Crippen molar-refractivity contribution in [1.82, 2.24) is 24.6 Å². The van der Waals surface area contributed by atoms with Gasteiger partial charge in [-0.05, 0) is 57.8 Å². The van der Waals surface area contributed by atoms with E-state index in [0.717, 1.165) is 29.5 Å². The number of carbonyl (C=O) groups is 5. The number of hydrogen-bond donors (Lipinski definition) is 0. The highest BCUT2D eigenvalue weighted by molar-refractivity contribution is 7.99. The molecule has 3 aliphatic rings. The zero-order valence-electron chi connectivity index (χ0n) is 28.2. The SMILES string of the molecule is CC(C)=CC1C(C(=O)OCN2C(=O)C3=C(CCCC3)C2=O)C1(C)C.CCOC(=O)CSc1nc(C(C)(C)C)nn1C(=O)N(C)C. The molecule has 4 rings (SSSR count). The summed E-state index contributed by atoms with van der Waals surface area (Å²) in [7, 11) is 3.28. The first-order valence-corrected chi connectivity index (χ1v) is 16.3. The van der Waals surface area contributed by atoms with Crippen LogP contribution in [0.5, 0.6) is 0 Å². The van der Waals surface area contributed by atoms with Crippen molar-refractivity contribution < 1.29 is 33.4 Å². The van der Waals surface area contributed by atoms with E-state index in [1.54, 1.807) is 21.0 Å². The van der Waals surface area contributed by atoms with E-state index < -0.39 is 0 Å². The van der Waals surface area contributed by atoms with Crippen LogP contribution in [0.1, 0.15) is 86.9 Å². The molecular formula is C32H47N5O7S. The molecule has 1 fully saturated rings. The van der Waals surface area contributed by atoms with Gasteiger partial charge >= 0.3 is 18.0 Å².